The van der Waals surface area contributed by atoms with Crippen LogP contribution in [0, 0.1) is 6.92 Å². The third-order valence-electron chi connectivity index (χ3n) is 2.25. The van der Waals surface area contributed by atoms with Gasteiger partial charge in [-0.25, -0.2) is 0 Å². The molecule has 1 heteroatoms. The molecule has 1 aromatic rings. The molecule has 0 atom stereocenters. The summed E-state index contributed by atoms with van der Waals surface area (Å²) in [5, 5.41) is 3.41. The SMILES string of the molecule is CC1=Cc2cccc(C)c2NC1. The summed E-state index contributed by atoms with van der Waals surface area (Å²) in [6.45, 7) is 5.27. The first-order chi connectivity index (χ1) is 5.77. The number of benzene rings is 1. The van der Waals surface area contributed by atoms with Gasteiger partial charge in [-0.3, -0.25) is 0 Å². The van der Waals surface area contributed by atoms with Crippen molar-refractivity contribution in [1.29, 1.82) is 0 Å². The molecule has 0 saturated heterocycles. The van der Waals surface area contributed by atoms with Crippen LogP contribution in [0.1, 0.15) is 18.1 Å². The van der Waals surface area contributed by atoms with Crippen LogP contribution in [-0.4, -0.2) is 6.54 Å². The summed E-state index contributed by atoms with van der Waals surface area (Å²) in [5.41, 5.74) is 5.34. The zero-order valence-electron chi connectivity index (χ0n) is 7.52. The summed E-state index contributed by atoms with van der Waals surface area (Å²) in [6, 6.07) is 6.39. The lowest BCUT2D eigenvalue weighted by atomic mass is 10.0. The highest BCUT2D eigenvalue weighted by Crippen LogP contribution is 2.26. The Labute approximate surface area is 73.1 Å². The fourth-order valence-corrected chi connectivity index (χ4v) is 1.60. The monoisotopic (exact) mass is 159 g/mol. The van der Waals surface area contributed by atoms with Crippen LogP contribution in [0.3, 0.4) is 0 Å². The summed E-state index contributed by atoms with van der Waals surface area (Å²) in [5.74, 6) is 0. The molecule has 1 aromatic carbocycles. The van der Waals surface area contributed by atoms with Crippen LogP contribution in [0.2, 0.25) is 0 Å². The van der Waals surface area contributed by atoms with Crippen molar-refractivity contribution >= 4 is 11.8 Å². The van der Waals surface area contributed by atoms with E-state index in [0.29, 0.717) is 0 Å². The number of rotatable bonds is 0. The van der Waals surface area contributed by atoms with Crippen LogP contribution in [0.5, 0.6) is 0 Å². The summed E-state index contributed by atoms with van der Waals surface area (Å²) in [6.07, 6.45) is 2.25. The molecular weight excluding hydrogens is 146 g/mol. The van der Waals surface area contributed by atoms with Gasteiger partial charge in [-0.05, 0) is 25.0 Å². The zero-order chi connectivity index (χ0) is 8.55. The summed E-state index contributed by atoms with van der Waals surface area (Å²) >= 11 is 0. The van der Waals surface area contributed by atoms with Crippen LogP contribution in [0.15, 0.2) is 23.8 Å². The second-order valence-electron chi connectivity index (χ2n) is 3.38. The van der Waals surface area contributed by atoms with E-state index in [9.17, 15) is 0 Å². The Morgan fingerprint density at radius 3 is 2.92 bits per heavy atom. The van der Waals surface area contributed by atoms with E-state index in [-0.39, 0.29) is 0 Å². The lowest BCUT2D eigenvalue weighted by molar-refractivity contribution is 1.18. The quantitative estimate of drug-likeness (QED) is 0.613. The smallest absolute Gasteiger partial charge is 0.0446 e. The molecule has 12 heavy (non-hydrogen) atoms. The molecule has 1 aliphatic rings. The number of para-hydroxylation sites is 1. The molecule has 1 heterocycles. The Morgan fingerprint density at radius 1 is 1.25 bits per heavy atom. The highest BCUT2D eigenvalue weighted by atomic mass is 14.9. The molecule has 0 bridgehead atoms. The number of fused-ring (bicyclic) bond motifs is 1. The minimum Gasteiger partial charge on any atom is -0.381 e. The predicted octanol–water partition coefficient (Wildman–Crippen LogP) is 2.82. The number of hydrogen-bond acceptors (Lipinski definition) is 1. The first-order valence-corrected chi connectivity index (χ1v) is 4.28. The molecule has 0 amide bonds. The van der Waals surface area contributed by atoms with Gasteiger partial charge in [-0.1, -0.05) is 29.8 Å². The summed E-state index contributed by atoms with van der Waals surface area (Å²) in [7, 11) is 0. The van der Waals surface area contributed by atoms with Crippen molar-refractivity contribution in [3.8, 4) is 0 Å². The van der Waals surface area contributed by atoms with Crippen LogP contribution in [0.25, 0.3) is 6.08 Å². The third kappa shape index (κ3) is 1.11. The van der Waals surface area contributed by atoms with E-state index >= 15 is 0 Å². The molecule has 0 radical (unpaired) electrons. The van der Waals surface area contributed by atoms with Crippen LogP contribution in [0.4, 0.5) is 5.69 Å². The van der Waals surface area contributed by atoms with Gasteiger partial charge in [0.15, 0.2) is 0 Å². The molecule has 1 nitrogen and oxygen atoms in total. The van der Waals surface area contributed by atoms with Gasteiger partial charge in [0.1, 0.15) is 0 Å². The number of nitrogens with one attached hydrogen (secondary N) is 1. The molecule has 2 rings (SSSR count). The lowest BCUT2D eigenvalue weighted by Gasteiger charge is -2.18. The average molecular weight is 159 g/mol. The van der Waals surface area contributed by atoms with E-state index in [1.54, 1.807) is 0 Å². The molecule has 62 valence electrons. The molecule has 1 aliphatic heterocycles. The Balaban J connectivity index is 2.57. The summed E-state index contributed by atoms with van der Waals surface area (Å²) in [4.78, 5) is 0. The molecule has 1 N–H and O–H groups in total. The van der Waals surface area contributed by atoms with Crippen molar-refractivity contribution in [1.82, 2.24) is 0 Å². The minimum atomic E-state index is 0.984. The summed E-state index contributed by atoms with van der Waals surface area (Å²) < 4.78 is 0. The van der Waals surface area contributed by atoms with Gasteiger partial charge >= 0.3 is 0 Å². The Morgan fingerprint density at radius 2 is 2.08 bits per heavy atom. The molecule has 0 aromatic heterocycles. The van der Waals surface area contributed by atoms with Crippen LogP contribution in [-0.2, 0) is 0 Å². The molecule has 0 fully saturated rings. The van der Waals surface area contributed by atoms with Crippen molar-refractivity contribution in [3.05, 3.63) is 34.9 Å². The molecular formula is C11H13N. The average Bonchev–Trinajstić information content (AvgIpc) is 2.04. The Bertz CT molecular complexity index is 337. The normalized spacial score (nSPS) is 14.7. The largest absolute Gasteiger partial charge is 0.381 e. The van der Waals surface area contributed by atoms with Crippen molar-refractivity contribution < 1.29 is 0 Å². The number of aryl methyl sites for hydroxylation is 1. The van der Waals surface area contributed by atoms with Gasteiger partial charge in [-0.2, -0.15) is 0 Å². The molecule has 0 unspecified atom stereocenters. The van der Waals surface area contributed by atoms with Crippen molar-refractivity contribution in [3.63, 3.8) is 0 Å². The molecule has 0 spiro atoms. The van der Waals surface area contributed by atoms with Gasteiger partial charge in [-0.15, -0.1) is 0 Å². The van der Waals surface area contributed by atoms with Gasteiger partial charge in [0.05, 0.1) is 0 Å². The fraction of sp³-hybridized carbons (Fsp3) is 0.273. The topological polar surface area (TPSA) is 12.0 Å². The highest BCUT2D eigenvalue weighted by Gasteiger charge is 2.07. The first-order valence-electron chi connectivity index (χ1n) is 4.28. The maximum absolute atomic E-state index is 3.41. The zero-order valence-corrected chi connectivity index (χ0v) is 7.52. The van der Waals surface area contributed by atoms with E-state index in [0.717, 1.165) is 6.54 Å². The van der Waals surface area contributed by atoms with Crippen molar-refractivity contribution in [2.45, 2.75) is 13.8 Å². The fourth-order valence-electron chi connectivity index (χ4n) is 1.60. The molecule has 0 aliphatic carbocycles. The lowest BCUT2D eigenvalue weighted by Crippen LogP contribution is -2.09. The predicted molar refractivity (Wildman–Crippen MR) is 53.3 cm³/mol. The van der Waals surface area contributed by atoms with Gasteiger partial charge in [0.25, 0.3) is 0 Å². The van der Waals surface area contributed by atoms with Crippen LogP contribution >= 0.6 is 0 Å². The number of anilines is 1. The van der Waals surface area contributed by atoms with Crippen molar-refractivity contribution in [2.75, 3.05) is 11.9 Å². The van der Waals surface area contributed by atoms with E-state index < -0.39 is 0 Å². The number of hydrogen-bond donors (Lipinski definition) is 1. The van der Waals surface area contributed by atoms with E-state index in [4.69, 9.17) is 0 Å². The first kappa shape index (κ1) is 7.41. The van der Waals surface area contributed by atoms with E-state index in [1.807, 2.05) is 0 Å². The Hall–Kier alpha value is -1.24. The van der Waals surface area contributed by atoms with E-state index in [2.05, 4.69) is 43.4 Å². The van der Waals surface area contributed by atoms with Gasteiger partial charge < -0.3 is 5.32 Å². The van der Waals surface area contributed by atoms with Crippen LogP contribution < -0.4 is 5.32 Å². The van der Waals surface area contributed by atoms with Gasteiger partial charge in [0, 0.05) is 12.2 Å². The third-order valence-corrected chi connectivity index (χ3v) is 2.25. The highest BCUT2D eigenvalue weighted by molar-refractivity contribution is 5.74. The minimum absolute atomic E-state index is 0.984. The standard InChI is InChI=1S/C11H13N/c1-8-6-10-5-3-4-9(2)11(10)12-7-8/h3-6,12H,7H2,1-2H3. The second-order valence-corrected chi connectivity index (χ2v) is 3.38. The maximum Gasteiger partial charge on any atom is 0.0446 e. The second kappa shape index (κ2) is 2.67. The maximum atomic E-state index is 3.41. The molecule has 0 saturated carbocycles. The Kier molecular flexibility index (Phi) is 1.65. The van der Waals surface area contributed by atoms with E-state index in [1.165, 1.54) is 22.4 Å². The van der Waals surface area contributed by atoms with Crippen molar-refractivity contribution in [2.24, 2.45) is 0 Å². The van der Waals surface area contributed by atoms with Gasteiger partial charge in [0.2, 0.25) is 0 Å².